The van der Waals surface area contributed by atoms with Gasteiger partial charge in [-0.15, -0.1) is 0 Å². The fourth-order valence-electron chi connectivity index (χ4n) is 1.29. The Balaban J connectivity index is 3.81. The molecule has 0 amide bonds. The highest BCUT2D eigenvalue weighted by molar-refractivity contribution is 6.63. The molecule has 0 fully saturated rings. The molecule has 0 rings (SSSR count). The van der Waals surface area contributed by atoms with Gasteiger partial charge in [0.2, 0.25) is 5.24 Å². The van der Waals surface area contributed by atoms with Crippen molar-refractivity contribution >= 4 is 16.8 Å². The van der Waals surface area contributed by atoms with Gasteiger partial charge in [-0.1, -0.05) is 13.8 Å². The third-order valence-corrected chi connectivity index (χ3v) is 2.99. The van der Waals surface area contributed by atoms with Crippen LogP contribution < -0.4 is 5.32 Å². The van der Waals surface area contributed by atoms with E-state index in [0.717, 1.165) is 12.8 Å². The molecule has 1 N–H and O–H groups in total. The van der Waals surface area contributed by atoms with Crippen LogP contribution in [0, 0.1) is 5.41 Å². The molecule has 0 aromatic heterocycles. The molecule has 0 radical (unpaired) electrons. The minimum Gasteiger partial charge on any atom is -0.317 e. The van der Waals surface area contributed by atoms with Crippen LogP contribution in [-0.4, -0.2) is 18.3 Å². The van der Waals surface area contributed by atoms with Crippen LogP contribution in [0.15, 0.2) is 0 Å². The van der Waals surface area contributed by atoms with Gasteiger partial charge in [0.25, 0.3) is 0 Å². The largest absolute Gasteiger partial charge is 0.317 e. The summed E-state index contributed by atoms with van der Waals surface area (Å²) in [6.45, 7) is 6.56. The van der Waals surface area contributed by atoms with Crippen LogP contribution in [-0.2, 0) is 4.79 Å². The van der Waals surface area contributed by atoms with Gasteiger partial charge in [0.15, 0.2) is 0 Å². The zero-order valence-electron chi connectivity index (χ0n) is 8.98. The molecule has 0 unspecified atom stereocenters. The fraction of sp³-hybridized carbons (Fsp3) is 0.900. The Hall–Kier alpha value is -0.0800. The van der Waals surface area contributed by atoms with Gasteiger partial charge in [0, 0.05) is 12.5 Å². The Morgan fingerprint density at radius 1 is 1.54 bits per heavy atom. The number of hydrogen-bond acceptors (Lipinski definition) is 2. The molecule has 0 aromatic carbocycles. The smallest absolute Gasteiger partial charge is 0.221 e. The highest BCUT2D eigenvalue weighted by Gasteiger charge is 2.23. The van der Waals surface area contributed by atoms with Crippen molar-refractivity contribution in [1.82, 2.24) is 5.32 Å². The first-order valence-corrected chi connectivity index (χ1v) is 5.13. The molecule has 0 saturated carbocycles. The lowest BCUT2D eigenvalue weighted by Gasteiger charge is -2.31. The summed E-state index contributed by atoms with van der Waals surface area (Å²) in [6.07, 6.45) is 2.39. The minimum absolute atomic E-state index is 0.223. The molecule has 3 heteroatoms. The Morgan fingerprint density at radius 3 is 2.46 bits per heavy atom. The Bertz CT molecular complexity index is 168. The maximum Gasteiger partial charge on any atom is 0.221 e. The number of hydrogen-bond donors (Lipinski definition) is 1. The molecular weight excluding hydrogens is 186 g/mol. The second kappa shape index (κ2) is 5.61. The first kappa shape index (κ1) is 12.9. The van der Waals surface area contributed by atoms with Gasteiger partial charge in [-0.25, -0.2) is 0 Å². The second-order valence-electron chi connectivity index (χ2n) is 4.21. The predicted octanol–water partition coefficient (Wildman–Crippen LogP) is 2.56. The molecular formula is C10H20ClNO. The van der Waals surface area contributed by atoms with E-state index in [1.807, 2.05) is 7.05 Å². The van der Waals surface area contributed by atoms with E-state index in [0.29, 0.717) is 12.5 Å². The van der Waals surface area contributed by atoms with Crippen molar-refractivity contribution in [2.24, 2.45) is 5.41 Å². The molecule has 0 aliphatic heterocycles. The SMILES string of the molecule is CN[C@@H](C)C(C)(C)CCCC(=O)Cl. The summed E-state index contributed by atoms with van der Waals surface area (Å²) in [6, 6.07) is 0.456. The van der Waals surface area contributed by atoms with Crippen molar-refractivity contribution in [3.63, 3.8) is 0 Å². The van der Waals surface area contributed by atoms with Crippen LogP contribution in [0.4, 0.5) is 0 Å². The third kappa shape index (κ3) is 5.27. The summed E-state index contributed by atoms with van der Waals surface area (Å²) in [5, 5.41) is 3.00. The molecule has 1 atom stereocenters. The van der Waals surface area contributed by atoms with Gasteiger partial charge in [-0.2, -0.15) is 0 Å². The van der Waals surface area contributed by atoms with Crippen molar-refractivity contribution in [3.8, 4) is 0 Å². The van der Waals surface area contributed by atoms with Gasteiger partial charge in [-0.05, 0) is 43.8 Å². The van der Waals surface area contributed by atoms with Crippen LogP contribution in [0.3, 0.4) is 0 Å². The molecule has 0 heterocycles. The van der Waals surface area contributed by atoms with Crippen LogP contribution in [0.5, 0.6) is 0 Å². The lowest BCUT2D eigenvalue weighted by molar-refractivity contribution is -0.111. The Labute approximate surface area is 86.0 Å². The quantitative estimate of drug-likeness (QED) is 0.676. The third-order valence-electron chi connectivity index (χ3n) is 2.80. The average Bonchev–Trinajstić information content (AvgIpc) is 2.01. The zero-order valence-corrected chi connectivity index (χ0v) is 9.74. The predicted molar refractivity (Wildman–Crippen MR) is 57.0 cm³/mol. The summed E-state index contributed by atoms with van der Waals surface area (Å²) in [7, 11) is 1.96. The molecule has 0 saturated heterocycles. The van der Waals surface area contributed by atoms with Crippen LogP contribution in [0.1, 0.15) is 40.0 Å². The minimum atomic E-state index is -0.229. The second-order valence-corrected chi connectivity index (χ2v) is 4.63. The lowest BCUT2D eigenvalue weighted by atomic mass is 9.81. The number of carbonyl (C=O) groups excluding carboxylic acids is 1. The van der Waals surface area contributed by atoms with E-state index in [1.54, 1.807) is 0 Å². The van der Waals surface area contributed by atoms with E-state index in [9.17, 15) is 4.79 Å². The van der Waals surface area contributed by atoms with Crippen molar-refractivity contribution in [3.05, 3.63) is 0 Å². The number of rotatable bonds is 6. The number of halogens is 1. The number of carbonyl (C=O) groups is 1. The van der Waals surface area contributed by atoms with Crippen molar-refractivity contribution in [1.29, 1.82) is 0 Å². The highest BCUT2D eigenvalue weighted by atomic mass is 35.5. The topological polar surface area (TPSA) is 29.1 Å². The van der Waals surface area contributed by atoms with E-state index >= 15 is 0 Å². The zero-order chi connectivity index (χ0) is 10.5. The molecule has 78 valence electrons. The summed E-state index contributed by atoms with van der Waals surface area (Å²) in [4.78, 5) is 10.5. The van der Waals surface area contributed by atoms with E-state index in [2.05, 4.69) is 26.1 Å². The molecule has 0 bridgehead atoms. The summed E-state index contributed by atoms with van der Waals surface area (Å²) >= 11 is 5.27. The standard InChI is InChI=1S/C10H20ClNO/c1-8(12-4)10(2,3)7-5-6-9(11)13/h8,12H,5-7H2,1-4H3/t8-/m0/s1. The normalized spacial score (nSPS) is 14.2. The molecule has 0 aliphatic carbocycles. The molecule has 0 spiro atoms. The summed E-state index contributed by atoms with van der Waals surface area (Å²) in [5.41, 5.74) is 0.223. The van der Waals surface area contributed by atoms with Crippen molar-refractivity contribution in [2.45, 2.75) is 46.1 Å². The lowest BCUT2D eigenvalue weighted by Crippen LogP contribution is -2.37. The Morgan fingerprint density at radius 2 is 2.08 bits per heavy atom. The molecule has 13 heavy (non-hydrogen) atoms. The first-order chi connectivity index (χ1) is 5.90. The van der Waals surface area contributed by atoms with Crippen LogP contribution in [0.2, 0.25) is 0 Å². The van der Waals surface area contributed by atoms with E-state index in [-0.39, 0.29) is 10.7 Å². The maximum atomic E-state index is 10.5. The van der Waals surface area contributed by atoms with Gasteiger partial charge in [-0.3, -0.25) is 4.79 Å². The maximum absolute atomic E-state index is 10.5. The van der Waals surface area contributed by atoms with E-state index in [4.69, 9.17) is 11.6 Å². The highest BCUT2D eigenvalue weighted by Crippen LogP contribution is 2.27. The van der Waals surface area contributed by atoms with Crippen LogP contribution in [0.25, 0.3) is 0 Å². The molecule has 0 aromatic rings. The van der Waals surface area contributed by atoms with Crippen molar-refractivity contribution < 1.29 is 4.79 Å². The average molecular weight is 206 g/mol. The Kier molecular flexibility index (Phi) is 5.57. The summed E-state index contributed by atoms with van der Waals surface area (Å²) in [5.74, 6) is 0. The molecule has 2 nitrogen and oxygen atoms in total. The number of nitrogens with one attached hydrogen (secondary N) is 1. The summed E-state index contributed by atoms with van der Waals surface area (Å²) < 4.78 is 0. The van der Waals surface area contributed by atoms with Crippen LogP contribution >= 0.6 is 11.6 Å². The van der Waals surface area contributed by atoms with Gasteiger partial charge in [0.05, 0.1) is 0 Å². The molecule has 0 aliphatic rings. The first-order valence-electron chi connectivity index (χ1n) is 4.75. The van der Waals surface area contributed by atoms with Crippen molar-refractivity contribution in [2.75, 3.05) is 7.05 Å². The van der Waals surface area contributed by atoms with E-state index in [1.165, 1.54) is 0 Å². The monoisotopic (exact) mass is 205 g/mol. The van der Waals surface area contributed by atoms with Gasteiger partial charge < -0.3 is 5.32 Å². The van der Waals surface area contributed by atoms with Gasteiger partial charge >= 0.3 is 0 Å². The van der Waals surface area contributed by atoms with Gasteiger partial charge in [0.1, 0.15) is 0 Å². The van der Waals surface area contributed by atoms with E-state index < -0.39 is 0 Å². The fourth-order valence-corrected chi connectivity index (χ4v) is 1.42.